The van der Waals surface area contributed by atoms with Crippen LogP contribution in [-0.2, 0) is 17.8 Å². The Morgan fingerprint density at radius 1 is 1.33 bits per heavy atom. The average molecular weight is 284 g/mol. The molecule has 5 nitrogen and oxygen atoms in total. The van der Waals surface area contributed by atoms with Crippen molar-refractivity contribution in [2.24, 2.45) is 0 Å². The molecule has 0 atom stereocenters. The molecule has 108 valence electrons. The Hall–Kier alpha value is -2.56. The van der Waals surface area contributed by atoms with Gasteiger partial charge in [-0.15, -0.1) is 0 Å². The van der Waals surface area contributed by atoms with E-state index in [2.05, 4.69) is 5.32 Å². The lowest BCUT2D eigenvalue weighted by Gasteiger charge is -2.20. The first-order chi connectivity index (χ1) is 10.1. The zero-order chi connectivity index (χ0) is 14.8. The molecule has 0 saturated carbocycles. The number of nitrogens with one attached hydrogen (secondary N) is 1. The van der Waals surface area contributed by atoms with Crippen LogP contribution in [0.15, 0.2) is 41.0 Å². The summed E-state index contributed by atoms with van der Waals surface area (Å²) in [5.74, 6) is 0.707. The molecule has 1 aromatic carbocycles. The SMILES string of the molecule is CN(Cc1ccco1)C(=O)c1ccc2c(c1)CCC(=O)N2. The van der Waals surface area contributed by atoms with Gasteiger partial charge >= 0.3 is 0 Å². The van der Waals surface area contributed by atoms with E-state index in [1.807, 2.05) is 12.1 Å². The Labute approximate surface area is 122 Å². The third kappa shape index (κ3) is 2.81. The predicted molar refractivity (Wildman–Crippen MR) is 77.9 cm³/mol. The van der Waals surface area contributed by atoms with Crippen molar-refractivity contribution in [3.8, 4) is 0 Å². The van der Waals surface area contributed by atoms with E-state index in [4.69, 9.17) is 4.42 Å². The minimum absolute atomic E-state index is 0.0245. The van der Waals surface area contributed by atoms with Crippen molar-refractivity contribution in [3.63, 3.8) is 0 Å². The summed E-state index contributed by atoms with van der Waals surface area (Å²) >= 11 is 0. The molecular formula is C16H16N2O3. The topological polar surface area (TPSA) is 62.6 Å². The highest BCUT2D eigenvalue weighted by molar-refractivity contribution is 5.97. The highest BCUT2D eigenvalue weighted by Crippen LogP contribution is 2.24. The smallest absolute Gasteiger partial charge is 0.254 e. The van der Waals surface area contributed by atoms with Crippen molar-refractivity contribution in [2.45, 2.75) is 19.4 Å². The lowest BCUT2D eigenvalue weighted by Crippen LogP contribution is -2.26. The van der Waals surface area contributed by atoms with Gasteiger partial charge < -0.3 is 14.6 Å². The van der Waals surface area contributed by atoms with Crippen molar-refractivity contribution < 1.29 is 14.0 Å². The summed E-state index contributed by atoms with van der Waals surface area (Å²) in [6, 6.07) is 9.03. The van der Waals surface area contributed by atoms with Crippen LogP contribution in [-0.4, -0.2) is 23.8 Å². The van der Waals surface area contributed by atoms with Crippen LogP contribution in [0.2, 0.25) is 0 Å². The maximum Gasteiger partial charge on any atom is 0.254 e. The summed E-state index contributed by atoms with van der Waals surface area (Å²) in [5, 5.41) is 2.81. The standard InChI is InChI=1S/C16H16N2O3/c1-18(10-13-3-2-8-21-13)16(20)12-4-6-14-11(9-12)5-7-15(19)17-14/h2-4,6,8-9H,5,7,10H2,1H3,(H,17,19). The molecule has 3 rings (SSSR count). The van der Waals surface area contributed by atoms with Gasteiger partial charge in [0.05, 0.1) is 12.8 Å². The number of furan rings is 1. The molecule has 0 unspecified atom stereocenters. The second kappa shape index (κ2) is 5.44. The molecule has 21 heavy (non-hydrogen) atoms. The van der Waals surface area contributed by atoms with Crippen LogP contribution in [0.1, 0.15) is 28.1 Å². The quantitative estimate of drug-likeness (QED) is 0.941. The van der Waals surface area contributed by atoms with E-state index in [1.165, 1.54) is 0 Å². The van der Waals surface area contributed by atoms with E-state index < -0.39 is 0 Å². The Bertz CT molecular complexity index is 677. The van der Waals surface area contributed by atoms with Gasteiger partial charge in [0, 0.05) is 24.7 Å². The van der Waals surface area contributed by atoms with E-state index >= 15 is 0 Å². The number of rotatable bonds is 3. The van der Waals surface area contributed by atoms with E-state index in [9.17, 15) is 9.59 Å². The van der Waals surface area contributed by atoms with Crippen LogP contribution in [0.25, 0.3) is 0 Å². The van der Waals surface area contributed by atoms with Gasteiger partial charge in [-0.05, 0) is 42.3 Å². The molecule has 0 fully saturated rings. The second-order valence-corrected chi connectivity index (χ2v) is 5.16. The molecule has 0 saturated heterocycles. The van der Waals surface area contributed by atoms with Crippen LogP contribution in [0.5, 0.6) is 0 Å². The number of nitrogens with zero attached hydrogens (tertiary/aromatic N) is 1. The highest BCUT2D eigenvalue weighted by atomic mass is 16.3. The van der Waals surface area contributed by atoms with Crippen molar-refractivity contribution in [2.75, 3.05) is 12.4 Å². The number of anilines is 1. The molecule has 0 aliphatic carbocycles. The van der Waals surface area contributed by atoms with Gasteiger partial charge in [0.25, 0.3) is 5.91 Å². The van der Waals surface area contributed by atoms with E-state index in [1.54, 1.807) is 36.4 Å². The van der Waals surface area contributed by atoms with Gasteiger partial charge in [0.1, 0.15) is 5.76 Å². The number of carbonyl (C=O) groups excluding carboxylic acids is 2. The number of fused-ring (bicyclic) bond motifs is 1. The second-order valence-electron chi connectivity index (χ2n) is 5.16. The lowest BCUT2D eigenvalue weighted by molar-refractivity contribution is -0.116. The van der Waals surface area contributed by atoms with Crippen LogP contribution in [0.3, 0.4) is 0 Å². The molecule has 2 aromatic rings. The van der Waals surface area contributed by atoms with Crippen molar-refractivity contribution >= 4 is 17.5 Å². The van der Waals surface area contributed by atoms with Gasteiger partial charge in [0.15, 0.2) is 0 Å². The van der Waals surface area contributed by atoms with Gasteiger partial charge in [-0.3, -0.25) is 9.59 Å². The summed E-state index contributed by atoms with van der Waals surface area (Å²) in [6.45, 7) is 0.430. The molecule has 0 bridgehead atoms. The number of hydrogen-bond donors (Lipinski definition) is 1. The molecule has 1 aliphatic rings. The van der Waals surface area contributed by atoms with Crippen molar-refractivity contribution in [1.82, 2.24) is 4.90 Å². The molecule has 1 N–H and O–H groups in total. The third-order valence-corrected chi connectivity index (χ3v) is 3.57. The molecule has 0 spiro atoms. The van der Waals surface area contributed by atoms with Gasteiger partial charge in [0.2, 0.25) is 5.91 Å². The lowest BCUT2D eigenvalue weighted by atomic mass is 10.00. The number of hydrogen-bond acceptors (Lipinski definition) is 3. The molecule has 1 aromatic heterocycles. The van der Waals surface area contributed by atoms with Gasteiger partial charge in [-0.2, -0.15) is 0 Å². The fraction of sp³-hybridized carbons (Fsp3) is 0.250. The summed E-state index contributed by atoms with van der Waals surface area (Å²) < 4.78 is 5.25. The van der Waals surface area contributed by atoms with Gasteiger partial charge in [-0.25, -0.2) is 0 Å². The molecule has 2 heterocycles. The first-order valence-electron chi connectivity index (χ1n) is 6.84. The largest absolute Gasteiger partial charge is 0.467 e. The first-order valence-corrected chi connectivity index (χ1v) is 6.84. The summed E-state index contributed by atoms with van der Waals surface area (Å²) in [6.07, 6.45) is 2.73. The Kier molecular flexibility index (Phi) is 3.48. The Morgan fingerprint density at radius 2 is 2.19 bits per heavy atom. The van der Waals surface area contributed by atoms with E-state index in [-0.39, 0.29) is 11.8 Å². The molecule has 1 aliphatic heterocycles. The number of benzene rings is 1. The fourth-order valence-electron chi connectivity index (χ4n) is 2.44. The van der Waals surface area contributed by atoms with Gasteiger partial charge in [-0.1, -0.05) is 0 Å². The first kappa shape index (κ1) is 13.4. The monoisotopic (exact) mass is 284 g/mol. The zero-order valence-electron chi connectivity index (χ0n) is 11.8. The van der Waals surface area contributed by atoms with Crippen LogP contribution in [0.4, 0.5) is 5.69 Å². The molecule has 5 heteroatoms. The number of aryl methyl sites for hydroxylation is 1. The molecular weight excluding hydrogens is 268 g/mol. The van der Waals surface area contributed by atoms with Crippen LogP contribution >= 0.6 is 0 Å². The van der Waals surface area contributed by atoms with Crippen molar-refractivity contribution in [1.29, 1.82) is 0 Å². The fourth-order valence-corrected chi connectivity index (χ4v) is 2.44. The number of carbonyl (C=O) groups is 2. The van der Waals surface area contributed by atoms with Crippen molar-refractivity contribution in [3.05, 3.63) is 53.5 Å². The Balaban J connectivity index is 1.77. The third-order valence-electron chi connectivity index (χ3n) is 3.57. The van der Waals surface area contributed by atoms with Crippen LogP contribution in [0, 0.1) is 0 Å². The molecule has 2 amide bonds. The summed E-state index contributed by atoms with van der Waals surface area (Å²) in [4.78, 5) is 25.4. The van der Waals surface area contributed by atoms with Crippen LogP contribution < -0.4 is 5.32 Å². The number of amides is 2. The highest BCUT2D eigenvalue weighted by Gasteiger charge is 2.18. The summed E-state index contributed by atoms with van der Waals surface area (Å²) in [5.41, 5.74) is 2.43. The average Bonchev–Trinajstić information content (AvgIpc) is 2.98. The van der Waals surface area contributed by atoms with E-state index in [0.717, 1.165) is 17.0 Å². The molecule has 0 radical (unpaired) electrons. The van der Waals surface area contributed by atoms with E-state index in [0.29, 0.717) is 24.9 Å². The zero-order valence-corrected chi connectivity index (χ0v) is 11.8. The minimum atomic E-state index is -0.0638. The predicted octanol–water partition coefficient (Wildman–Crippen LogP) is 2.44. The normalized spacial score (nSPS) is 13.5. The summed E-state index contributed by atoms with van der Waals surface area (Å²) in [7, 11) is 1.74. The maximum atomic E-state index is 12.4. The Morgan fingerprint density at radius 3 is 2.95 bits per heavy atom. The maximum absolute atomic E-state index is 12.4. The minimum Gasteiger partial charge on any atom is -0.467 e.